The van der Waals surface area contributed by atoms with Gasteiger partial charge in [0.15, 0.2) is 11.5 Å². The number of fused-ring (bicyclic) bond motifs is 2. The molecule has 1 aliphatic heterocycles. The summed E-state index contributed by atoms with van der Waals surface area (Å²) in [5.41, 5.74) is -1.94. The van der Waals surface area contributed by atoms with Gasteiger partial charge in [-0.05, 0) is 66.3 Å². The zero-order valence-corrected chi connectivity index (χ0v) is 18.5. The number of nitrogens with zero attached hydrogens (tertiary/aromatic N) is 1. The molecule has 0 saturated carbocycles. The highest BCUT2D eigenvalue weighted by Crippen LogP contribution is 2.52. The highest BCUT2D eigenvalue weighted by Gasteiger charge is 2.49. The molecule has 0 radical (unpaired) electrons. The van der Waals surface area contributed by atoms with E-state index in [4.69, 9.17) is 4.74 Å². The number of halogens is 3. The van der Waals surface area contributed by atoms with Crippen LogP contribution in [0.4, 0.5) is 13.2 Å². The molecule has 0 amide bonds. The van der Waals surface area contributed by atoms with E-state index in [1.807, 2.05) is 6.07 Å². The molecular weight excluding hydrogens is 447 g/mol. The Balaban J connectivity index is 1.86. The molecule has 32 heavy (non-hydrogen) atoms. The van der Waals surface area contributed by atoms with E-state index in [1.54, 1.807) is 6.07 Å². The van der Waals surface area contributed by atoms with Crippen molar-refractivity contribution in [1.29, 1.82) is 0 Å². The predicted molar refractivity (Wildman–Crippen MR) is 112 cm³/mol. The Labute approximate surface area is 184 Å². The van der Waals surface area contributed by atoms with Gasteiger partial charge in [-0.2, -0.15) is 21.6 Å². The minimum absolute atomic E-state index is 0.0591. The summed E-state index contributed by atoms with van der Waals surface area (Å²) in [6.07, 6.45) is 3.41. The number of hydrogen-bond acceptors (Lipinski definition) is 6. The number of rotatable bonds is 6. The molecule has 1 N–H and O–H groups in total. The van der Waals surface area contributed by atoms with Crippen molar-refractivity contribution in [2.24, 2.45) is 0 Å². The van der Waals surface area contributed by atoms with Crippen LogP contribution in [0.3, 0.4) is 0 Å². The fraction of sp³-hybridized carbons (Fsp3) is 0.455. The second-order valence-electron chi connectivity index (χ2n) is 8.04. The number of alkyl halides is 3. The molecule has 0 fully saturated rings. The molecule has 4 rings (SSSR count). The normalized spacial score (nSPS) is 18.1. The van der Waals surface area contributed by atoms with Crippen molar-refractivity contribution in [2.45, 2.75) is 44.2 Å². The van der Waals surface area contributed by atoms with Crippen molar-refractivity contribution in [3.63, 3.8) is 0 Å². The van der Waals surface area contributed by atoms with Crippen molar-refractivity contribution < 1.29 is 35.6 Å². The lowest BCUT2D eigenvalue weighted by Crippen LogP contribution is -2.39. The molecule has 1 heterocycles. The number of phenols is 1. The largest absolute Gasteiger partial charge is 0.534 e. The van der Waals surface area contributed by atoms with Crippen LogP contribution < -0.4 is 8.92 Å². The second-order valence-corrected chi connectivity index (χ2v) is 9.57. The Hall–Kier alpha value is -2.46. The molecule has 1 unspecified atom stereocenters. The number of phenolic OH excluding ortho intramolecular Hbond substituents is 1. The number of benzene rings is 2. The summed E-state index contributed by atoms with van der Waals surface area (Å²) in [5, 5.41) is 10.8. The highest BCUT2D eigenvalue weighted by atomic mass is 32.2. The first-order chi connectivity index (χ1) is 15.1. The van der Waals surface area contributed by atoms with Gasteiger partial charge < -0.3 is 14.0 Å². The van der Waals surface area contributed by atoms with E-state index in [1.165, 1.54) is 13.2 Å². The number of methoxy groups -OCH3 is 1. The first-order valence-electron chi connectivity index (χ1n) is 10.4. The topological polar surface area (TPSA) is 76.1 Å². The maximum absolute atomic E-state index is 12.8. The van der Waals surface area contributed by atoms with Gasteiger partial charge in [0.25, 0.3) is 0 Å². The van der Waals surface area contributed by atoms with Crippen molar-refractivity contribution in [3.05, 3.63) is 41.0 Å². The van der Waals surface area contributed by atoms with Gasteiger partial charge in [0.1, 0.15) is 5.75 Å². The van der Waals surface area contributed by atoms with E-state index < -0.39 is 27.1 Å². The van der Waals surface area contributed by atoms with Crippen molar-refractivity contribution in [2.75, 3.05) is 20.2 Å². The summed E-state index contributed by atoms with van der Waals surface area (Å²) in [6.45, 7) is 3.91. The van der Waals surface area contributed by atoms with E-state index in [-0.39, 0.29) is 11.6 Å². The lowest BCUT2D eigenvalue weighted by Gasteiger charge is -2.42. The van der Waals surface area contributed by atoms with Crippen molar-refractivity contribution in [1.82, 2.24) is 4.90 Å². The van der Waals surface area contributed by atoms with E-state index >= 15 is 0 Å². The molecule has 0 bridgehead atoms. The van der Waals surface area contributed by atoms with Gasteiger partial charge in [-0.3, -0.25) is 4.90 Å². The minimum Gasteiger partial charge on any atom is -0.504 e. The van der Waals surface area contributed by atoms with Gasteiger partial charge in [0.2, 0.25) is 0 Å². The third kappa shape index (κ3) is 3.79. The van der Waals surface area contributed by atoms with Gasteiger partial charge >= 0.3 is 15.6 Å². The Kier molecular flexibility index (Phi) is 5.79. The van der Waals surface area contributed by atoms with Crippen LogP contribution >= 0.6 is 0 Å². The molecule has 10 heteroatoms. The summed E-state index contributed by atoms with van der Waals surface area (Å²) in [6, 6.07) is 6.33. The first kappa shape index (κ1) is 22.7. The highest BCUT2D eigenvalue weighted by molar-refractivity contribution is 7.88. The first-order valence-corrected chi connectivity index (χ1v) is 11.8. The Morgan fingerprint density at radius 3 is 2.62 bits per heavy atom. The maximum Gasteiger partial charge on any atom is 0.534 e. The van der Waals surface area contributed by atoms with E-state index in [2.05, 4.69) is 16.0 Å². The third-order valence-electron chi connectivity index (χ3n) is 6.11. The van der Waals surface area contributed by atoms with Crippen LogP contribution in [0.25, 0.3) is 11.1 Å². The molecule has 2 aromatic carbocycles. The number of aromatic hydroxyl groups is 1. The standard InChI is InChI=1S/C22H24F3NO5S/c1-3-4-8-26-9-7-14-10-15(30-2)12-16-19(14)17(26)11-13-5-6-18(21(27)20(13)16)31-32(28,29)22(23,24)25/h5-6,10,12,17,27H,3-4,7-9,11H2,1-2H3. The molecule has 0 saturated heterocycles. The second kappa shape index (κ2) is 8.15. The van der Waals surface area contributed by atoms with E-state index in [9.17, 15) is 26.7 Å². The van der Waals surface area contributed by atoms with Gasteiger partial charge in [0, 0.05) is 18.2 Å². The monoisotopic (exact) mass is 471 g/mol. The molecule has 6 nitrogen and oxygen atoms in total. The average molecular weight is 471 g/mol. The van der Waals surface area contributed by atoms with Crippen molar-refractivity contribution >= 4 is 10.1 Å². The quantitative estimate of drug-likeness (QED) is 0.492. The van der Waals surface area contributed by atoms with Crippen LogP contribution in [0.2, 0.25) is 0 Å². The lowest BCUT2D eigenvalue weighted by molar-refractivity contribution is -0.0500. The van der Waals surface area contributed by atoms with Gasteiger partial charge in [-0.1, -0.05) is 19.4 Å². The maximum atomic E-state index is 12.8. The number of ether oxygens (including phenoxy) is 1. The smallest absolute Gasteiger partial charge is 0.504 e. The zero-order valence-electron chi connectivity index (χ0n) is 17.7. The van der Waals surface area contributed by atoms with E-state index in [0.29, 0.717) is 23.3 Å². The Morgan fingerprint density at radius 2 is 1.97 bits per heavy atom. The fourth-order valence-corrected chi connectivity index (χ4v) is 5.06. The van der Waals surface area contributed by atoms with Crippen LogP contribution in [-0.4, -0.2) is 44.1 Å². The van der Waals surface area contributed by atoms with Crippen LogP contribution in [0, 0.1) is 0 Å². The number of unbranched alkanes of at least 4 members (excludes halogenated alkanes) is 1. The Bertz CT molecular complexity index is 1150. The van der Waals surface area contributed by atoms with Crippen LogP contribution in [0.15, 0.2) is 24.3 Å². The van der Waals surface area contributed by atoms with Crippen molar-refractivity contribution in [3.8, 4) is 28.4 Å². The summed E-state index contributed by atoms with van der Waals surface area (Å²) >= 11 is 0. The van der Waals surface area contributed by atoms with E-state index in [0.717, 1.165) is 49.5 Å². The van der Waals surface area contributed by atoms with Gasteiger partial charge in [0.05, 0.1) is 7.11 Å². The van der Waals surface area contributed by atoms with Gasteiger partial charge in [-0.15, -0.1) is 0 Å². The number of hydrogen-bond donors (Lipinski definition) is 1. The summed E-state index contributed by atoms with van der Waals surface area (Å²) in [4.78, 5) is 2.39. The molecule has 0 spiro atoms. The molecule has 1 aliphatic carbocycles. The molecule has 174 valence electrons. The average Bonchev–Trinajstić information content (AvgIpc) is 2.74. The SMILES string of the molecule is CCCCN1CCc2cc(OC)cc3c2C1Cc1ccc(OS(=O)(=O)C(F)(F)F)c(O)c1-3. The predicted octanol–water partition coefficient (Wildman–Crippen LogP) is 4.55. The third-order valence-corrected chi connectivity index (χ3v) is 7.07. The summed E-state index contributed by atoms with van der Waals surface area (Å²) in [7, 11) is -4.40. The van der Waals surface area contributed by atoms with Gasteiger partial charge in [-0.25, -0.2) is 0 Å². The summed E-state index contributed by atoms with van der Waals surface area (Å²) in [5.74, 6) is -0.828. The van der Waals surface area contributed by atoms with Crippen LogP contribution in [0.5, 0.6) is 17.2 Å². The zero-order chi connectivity index (χ0) is 23.3. The Morgan fingerprint density at radius 1 is 1.22 bits per heavy atom. The molecule has 1 atom stereocenters. The molecular formula is C22H24F3NO5S. The lowest BCUT2D eigenvalue weighted by atomic mass is 9.76. The van der Waals surface area contributed by atoms with Crippen LogP contribution in [0.1, 0.15) is 42.5 Å². The molecule has 2 aromatic rings. The molecule has 0 aromatic heterocycles. The fourth-order valence-electron chi connectivity index (χ4n) is 4.60. The molecule has 2 aliphatic rings. The van der Waals surface area contributed by atoms with Crippen LogP contribution in [-0.2, 0) is 23.0 Å². The summed E-state index contributed by atoms with van der Waals surface area (Å²) < 4.78 is 71.1. The minimum atomic E-state index is -5.91.